The summed E-state index contributed by atoms with van der Waals surface area (Å²) in [7, 11) is 1.95. The van der Waals surface area contributed by atoms with Gasteiger partial charge in [0.15, 0.2) is 5.82 Å². The minimum atomic E-state index is -0.149. The van der Waals surface area contributed by atoms with Gasteiger partial charge in [0.05, 0.1) is 41.9 Å². The molecule has 2 aliphatic rings. The molecule has 0 radical (unpaired) electrons. The van der Waals surface area contributed by atoms with Crippen molar-refractivity contribution in [3.05, 3.63) is 35.3 Å². The maximum atomic E-state index is 10.1. The molecule has 2 saturated heterocycles. The van der Waals surface area contributed by atoms with Crippen LogP contribution >= 0.6 is 0 Å². The Labute approximate surface area is 188 Å². The average molecular weight is 437 g/mol. The lowest BCUT2D eigenvalue weighted by Gasteiger charge is -2.42. The van der Waals surface area contributed by atoms with Crippen LogP contribution in [0.1, 0.15) is 36.8 Å². The van der Waals surface area contributed by atoms with Crippen LogP contribution in [0.3, 0.4) is 0 Å². The zero-order valence-electron chi connectivity index (χ0n) is 19.3. The van der Waals surface area contributed by atoms with E-state index in [-0.39, 0.29) is 24.2 Å². The Bertz CT molecular complexity index is 1160. The van der Waals surface area contributed by atoms with Crippen molar-refractivity contribution in [2.24, 2.45) is 18.2 Å². The van der Waals surface area contributed by atoms with Gasteiger partial charge in [-0.2, -0.15) is 5.10 Å². The third kappa shape index (κ3) is 3.29. The highest BCUT2D eigenvalue weighted by Gasteiger charge is 2.47. The highest BCUT2D eigenvalue weighted by Crippen LogP contribution is 2.42. The molecule has 0 saturated carbocycles. The smallest absolute Gasteiger partial charge is 0.153 e. The van der Waals surface area contributed by atoms with E-state index in [0.29, 0.717) is 5.69 Å². The second-order valence-corrected chi connectivity index (χ2v) is 9.42. The Morgan fingerprint density at radius 1 is 1.19 bits per heavy atom. The van der Waals surface area contributed by atoms with Gasteiger partial charge in [-0.3, -0.25) is 4.68 Å². The van der Waals surface area contributed by atoms with Crippen LogP contribution in [0.2, 0.25) is 0 Å². The lowest BCUT2D eigenvalue weighted by atomic mass is 9.73. The third-order valence-corrected chi connectivity index (χ3v) is 7.49. The van der Waals surface area contributed by atoms with Gasteiger partial charge in [0, 0.05) is 42.5 Å². The molecule has 2 aliphatic heterocycles. The van der Waals surface area contributed by atoms with Crippen LogP contribution in [-0.2, 0) is 18.4 Å². The SMILES string of the molecule is Cc1nc(N2CCC3(CC2)CO[C@@H](C)[C@H]3N)c(CO)nc1-c1ccc2c(C)nn(C)c2c1. The van der Waals surface area contributed by atoms with Crippen LogP contribution in [0, 0.1) is 19.3 Å². The van der Waals surface area contributed by atoms with Gasteiger partial charge in [0.25, 0.3) is 0 Å². The number of aliphatic hydroxyl groups excluding tert-OH is 1. The Hall–Kier alpha value is -2.55. The van der Waals surface area contributed by atoms with Gasteiger partial charge < -0.3 is 20.5 Å². The predicted molar refractivity (Wildman–Crippen MR) is 124 cm³/mol. The fourth-order valence-corrected chi connectivity index (χ4v) is 5.40. The van der Waals surface area contributed by atoms with Crippen LogP contribution in [0.5, 0.6) is 0 Å². The van der Waals surface area contributed by atoms with Crippen molar-refractivity contribution in [2.75, 3.05) is 24.6 Å². The summed E-state index contributed by atoms with van der Waals surface area (Å²) < 4.78 is 7.74. The highest BCUT2D eigenvalue weighted by atomic mass is 16.5. The van der Waals surface area contributed by atoms with Crippen molar-refractivity contribution in [3.8, 4) is 11.3 Å². The maximum Gasteiger partial charge on any atom is 0.153 e. The van der Waals surface area contributed by atoms with E-state index < -0.39 is 0 Å². The van der Waals surface area contributed by atoms with E-state index in [9.17, 15) is 5.11 Å². The van der Waals surface area contributed by atoms with Crippen molar-refractivity contribution in [1.29, 1.82) is 0 Å². The number of hydrogen-bond donors (Lipinski definition) is 2. The Balaban J connectivity index is 1.45. The van der Waals surface area contributed by atoms with Crippen LogP contribution in [0.15, 0.2) is 18.2 Å². The number of nitrogens with two attached hydrogens (primary N) is 1. The molecule has 0 unspecified atom stereocenters. The first-order chi connectivity index (χ1) is 15.3. The number of piperidine rings is 1. The van der Waals surface area contributed by atoms with Crippen LogP contribution in [0.4, 0.5) is 5.82 Å². The summed E-state index contributed by atoms with van der Waals surface area (Å²) in [5.41, 5.74) is 11.8. The molecule has 170 valence electrons. The second kappa shape index (κ2) is 7.79. The van der Waals surface area contributed by atoms with E-state index >= 15 is 0 Å². The Morgan fingerprint density at radius 3 is 2.59 bits per heavy atom. The second-order valence-electron chi connectivity index (χ2n) is 9.42. The molecule has 3 aromatic rings. The molecule has 5 rings (SSSR count). The largest absolute Gasteiger partial charge is 0.390 e. The maximum absolute atomic E-state index is 10.1. The summed E-state index contributed by atoms with van der Waals surface area (Å²) >= 11 is 0. The molecule has 2 atom stereocenters. The summed E-state index contributed by atoms with van der Waals surface area (Å²) in [5.74, 6) is 0.779. The van der Waals surface area contributed by atoms with E-state index in [1.54, 1.807) is 0 Å². The molecule has 0 bridgehead atoms. The molecular formula is C24H32N6O2. The lowest BCUT2D eigenvalue weighted by molar-refractivity contribution is 0.0973. The zero-order chi connectivity index (χ0) is 22.6. The first-order valence-electron chi connectivity index (χ1n) is 11.4. The van der Waals surface area contributed by atoms with E-state index in [1.165, 1.54) is 0 Å². The van der Waals surface area contributed by atoms with Crippen LogP contribution in [0.25, 0.3) is 22.2 Å². The molecular weight excluding hydrogens is 404 g/mol. The number of aryl methyl sites for hydroxylation is 3. The number of nitrogens with zero attached hydrogens (tertiary/aromatic N) is 5. The molecule has 8 nitrogen and oxygen atoms in total. The highest BCUT2D eigenvalue weighted by molar-refractivity contribution is 5.86. The van der Waals surface area contributed by atoms with Crippen molar-refractivity contribution in [3.63, 3.8) is 0 Å². The van der Waals surface area contributed by atoms with Gasteiger partial charge in [-0.1, -0.05) is 12.1 Å². The van der Waals surface area contributed by atoms with Crippen molar-refractivity contribution in [2.45, 2.75) is 52.4 Å². The van der Waals surface area contributed by atoms with Gasteiger partial charge in [-0.15, -0.1) is 0 Å². The molecule has 0 amide bonds. The van der Waals surface area contributed by atoms with E-state index in [2.05, 4.69) is 35.1 Å². The molecule has 1 aromatic carbocycles. The van der Waals surface area contributed by atoms with E-state index in [0.717, 1.165) is 71.9 Å². The number of anilines is 1. The van der Waals surface area contributed by atoms with Crippen LogP contribution in [-0.4, -0.2) is 56.7 Å². The summed E-state index contributed by atoms with van der Waals surface area (Å²) in [5, 5.41) is 15.8. The molecule has 3 N–H and O–H groups in total. The van der Waals surface area contributed by atoms with E-state index in [4.69, 9.17) is 20.4 Å². The standard InChI is InChI=1S/C24H32N6O2/c1-14-18-6-5-17(11-20(18)29(4)28-14)21-15(2)26-23(19(12-31)27-21)30-9-7-24(8-10-30)13-32-16(3)22(24)25/h5-6,11,16,22,31H,7-10,12-13,25H2,1-4H3/t16-,22+/m0/s1. The van der Waals surface area contributed by atoms with Gasteiger partial charge >= 0.3 is 0 Å². The summed E-state index contributed by atoms with van der Waals surface area (Å²) in [6.07, 6.45) is 2.03. The normalized spacial score (nSPS) is 22.9. The topological polar surface area (TPSA) is 102 Å². The number of benzene rings is 1. The number of aromatic nitrogens is 4. The summed E-state index contributed by atoms with van der Waals surface area (Å²) in [6.45, 7) is 8.32. The van der Waals surface area contributed by atoms with Gasteiger partial charge in [-0.25, -0.2) is 9.97 Å². The third-order valence-electron chi connectivity index (χ3n) is 7.49. The molecule has 2 aromatic heterocycles. The Kier molecular flexibility index (Phi) is 5.19. The number of rotatable bonds is 3. The monoisotopic (exact) mass is 436 g/mol. The molecule has 0 aliphatic carbocycles. The summed E-state index contributed by atoms with van der Waals surface area (Å²) in [4.78, 5) is 12.0. The average Bonchev–Trinajstić information content (AvgIpc) is 3.24. The number of ether oxygens (including phenoxy) is 1. The molecule has 1 spiro atoms. The fourth-order valence-electron chi connectivity index (χ4n) is 5.40. The first-order valence-corrected chi connectivity index (χ1v) is 11.4. The number of hydrogen-bond acceptors (Lipinski definition) is 7. The minimum absolute atomic E-state index is 0.0500. The molecule has 32 heavy (non-hydrogen) atoms. The number of fused-ring (bicyclic) bond motifs is 1. The molecule has 8 heteroatoms. The minimum Gasteiger partial charge on any atom is -0.390 e. The van der Waals surface area contributed by atoms with Crippen molar-refractivity contribution in [1.82, 2.24) is 19.7 Å². The quantitative estimate of drug-likeness (QED) is 0.650. The summed E-state index contributed by atoms with van der Waals surface area (Å²) in [6, 6.07) is 6.31. The van der Waals surface area contributed by atoms with Gasteiger partial charge in [0.1, 0.15) is 5.69 Å². The van der Waals surface area contributed by atoms with Crippen molar-refractivity contribution >= 4 is 16.7 Å². The van der Waals surface area contributed by atoms with Crippen molar-refractivity contribution < 1.29 is 9.84 Å². The Morgan fingerprint density at radius 2 is 1.94 bits per heavy atom. The van der Waals surface area contributed by atoms with Crippen LogP contribution < -0.4 is 10.6 Å². The number of aliphatic hydroxyl groups is 1. The molecule has 2 fully saturated rings. The zero-order valence-corrected chi connectivity index (χ0v) is 19.3. The van der Waals surface area contributed by atoms with Gasteiger partial charge in [0.2, 0.25) is 0 Å². The molecule has 4 heterocycles. The lowest BCUT2D eigenvalue weighted by Crippen LogP contribution is -2.51. The van der Waals surface area contributed by atoms with Gasteiger partial charge in [-0.05, 0) is 39.7 Å². The predicted octanol–water partition coefficient (Wildman–Crippen LogP) is 2.47. The fraction of sp³-hybridized carbons (Fsp3) is 0.542. The van der Waals surface area contributed by atoms with E-state index in [1.807, 2.05) is 25.6 Å². The first kappa shape index (κ1) is 21.3.